The Hall–Kier alpha value is -1.13. The minimum Gasteiger partial charge on any atom is -0.350 e. The number of nitrogens with one attached hydrogen (secondary N) is 2. The summed E-state index contributed by atoms with van der Waals surface area (Å²) in [5, 5.41) is 6.56. The van der Waals surface area contributed by atoms with Crippen molar-refractivity contribution in [1.82, 2.24) is 15.6 Å². The van der Waals surface area contributed by atoms with E-state index in [4.69, 9.17) is 11.6 Å². The molecule has 0 bridgehead atoms. The molecule has 1 saturated heterocycles. The van der Waals surface area contributed by atoms with E-state index in [1.807, 2.05) is 0 Å². The minimum absolute atomic E-state index is 0.155. The van der Waals surface area contributed by atoms with Gasteiger partial charge in [-0.05, 0) is 44.0 Å². The molecule has 2 heterocycles. The third kappa shape index (κ3) is 3.68. The second-order valence-electron chi connectivity index (χ2n) is 4.27. The predicted molar refractivity (Wildman–Crippen MR) is 67.2 cm³/mol. The molecule has 1 aromatic rings. The lowest BCUT2D eigenvalue weighted by molar-refractivity contribution is 0.0940. The standard InChI is InChI=1S/C12H16ClN3O/c13-11-5-1-4-10(16-11)12(17)15-8-9-3-2-6-14-7-9/h1,4-5,9,14H,2-3,6-8H2,(H,15,17)/t9-/m1/s1. The molecule has 4 nitrogen and oxygen atoms in total. The highest BCUT2D eigenvalue weighted by Gasteiger charge is 2.14. The Balaban J connectivity index is 1.84. The fraction of sp³-hybridized carbons (Fsp3) is 0.500. The summed E-state index contributed by atoms with van der Waals surface area (Å²) in [6.45, 7) is 2.75. The van der Waals surface area contributed by atoms with Crippen LogP contribution in [0.25, 0.3) is 0 Å². The Morgan fingerprint density at radius 3 is 3.18 bits per heavy atom. The summed E-state index contributed by atoms with van der Waals surface area (Å²) in [5.74, 6) is 0.366. The molecule has 0 aromatic carbocycles. The van der Waals surface area contributed by atoms with Crippen LogP contribution in [0.4, 0.5) is 0 Å². The second kappa shape index (κ2) is 5.98. The molecule has 0 radical (unpaired) electrons. The smallest absolute Gasteiger partial charge is 0.269 e. The number of aromatic nitrogens is 1. The number of amides is 1. The highest BCUT2D eigenvalue weighted by molar-refractivity contribution is 6.29. The molecule has 1 atom stereocenters. The molecular formula is C12H16ClN3O. The lowest BCUT2D eigenvalue weighted by atomic mass is 10.00. The number of carbonyl (C=O) groups excluding carboxylic acids is 1. The average molecular weight is 254 g/mol. The lowest BCUT2D eigenvalue weighted by Gasteiger charge is -2.22. The zero-order chi connectivity index (χ0) is 12.1. The summed E-state index contributed by atoms with van der Waals surface area (Å²) in [5.41, 5.74) is 0.376. The SMILES string of the molecule is O=C(NC[C@@H]1CCCNC1)c1cccc(Cl)n1. The van der Waals surface area contributed by atoms with Crippen molar-refractivity contribution in [3.63, 3.8) is 0 Å². The Labute approximate surface area is 106 Å². The van der Waals surface area contributed by atoms with Crippen LogP contribution in [0.2, 0.25) is 5.15 Å². The number of pyridine rings is 1. The van der Waals surface area contributed by atoms with Gasteiger partial charge in [-0.15, -0.1) is 0 Å². The molecule has 1 fully saturated rings. The van der Waals surface area contributed by atoms with Gasteiger partial charge in [0.25, 0.3) is 5.91 Å². The van der Waals surface area contributed by atoms with Crippen molar-refractivity contribution in [2.75, 3.05) is 19.6 Å². The van der Waals surface area contributed by atoms with Crippen LogP contribution in [0.1, 0.15) is 23.3 Å². The number of rotatable bonds is 3. The summed E-state index contributed by atoms with van der Waals surface area (Å²) >= 11 is 5.74. The molecule has 0 unspecified atom stereocenters. The number of halogens is 1. The van der Waals surface area contributed by atoms with Crippen LogP contribution in [-0.2, 0) is 0 Å². The summed E-state index contributed by atoms with van der Waals surface area (Å²) < 4.78 is 0. The van der Waals surface area contributed by atoms with E-state index in [-0.39, 0.29) is 5.91 Å². The first-order valence-electron chi connectivity index (χ1n) is 5.87. The van der Waals surface area contributed by atoms with Gasteiger partial charge in [-0.2, -0.15) is 0 Å². The van der Waals surface area contributed by atoms with Crippen LogP contribution in [0.15, 0.2) is 18.2 Å². The van der Waals surface area contributed by atoms with Crippen molar-refractivity contribution in [1.29, 1.82) is 0 Å². The van der Waals surface area contributed by atoms with Gasteiger partial charge in [0.1, 0.15) is 10.8 Å². The van der Waals surface area contributed by atoms with Gasteiger partial charge in [0, 0.05) is 6.54 Å². The van der Waals surface area contributed by atoms with Gasteiger partial charge in [0.05, 0.1) is 0 Å². The number of hydrogen-bond acceptors (Lipinski definition) is 3. The van der Waals surface area contributed by atoms with Crippen LogP contribution < -0.4 is 10.6 Å². The summed E-state index contributed by atoms with van der Waals surface area (Å²) in [6, 6.07) is 5.05. The Bertz CT molecular complexity index is 391. The van der Waals surface area contributed by atoms with Crippen LogP contribution in [-0.4, -0.2) is 30.5 Å². The largest absolute Gasteiger partial charge is 0.350 e. The molecule has 2 rings (SSSR count). The lowest BCUT2D eigenvalue weighted by Crippen LogP contribution is -2.38. The van der Waals surface area contributed by atoms with Gasteiger partial charge in [-0.1, -0.05) is 17.7 Å². The van der Waals surface area contributed by atoms with Crippen LogP contribution >= 0.6 is 11.6 Å². The van der Waals surface area contributed by atoms with E-state index in [0.717, 1.165) is 19.5 Å². The Morgan fingerprint density at radius 2 is 2.47 bits per heavy atom. The number of hydrogen-bond donors (Lipinski definition) is 2. The maximum Gasteiger partial charge on any atom is 0.269 e. The molecule has 0 saturated carbocycles. The van der Waals surface area contributed by atoms with Gasteiger partial charge in [-0.25, -0.2) is 4.98 Å². The van der Waals surface area contributed by atoms with Gasteiger partial charge in [0.15, 0.2) is 0 Å². The van der Waals surface area contributed by atoms with Crippen LogP contribution in [0.5, 0.6) is 0 Å². The normalized spacial score (nSPS) is 19.9. The highest BCUT2D eigenvalue weighted by atomic mass is 35.5. The molecule has 0 aliphatic carbocycles. The number of piperidine rings is 1. The molecule has 1 aromatic heterocycles. The van der Waals surface area contributed by atoms with Gasteiger partial charge in [-0.3, -0.25) is 4.79 Å². The number of nitrogens with zero attached hydrogens (tertiary/aromatic N) is 1. The van der Waals surface area contributed by atoms with Gasteiger partial charge >= 0.3 is 0 Å². The first-order chi connectivity index (χ1) is 8.25. The molecule has 1 aliphatic heterocycles. The zero-order valence-corrected chi connectivity index (χ0v) is 10.3. The minimum atomic E-state index is -0.155. The van der Waals surface area contributed by atoms with E-state index in [1.54, 1.807) is 18.2 Å². The second-order valence-corrected chi connectivity index (χ2v) is 4.66. The maximum absolute atomic E-state index is 11.8. The van der Waals surface area contributed by atoms with E-state index in [1.165, 1.54) is 6.42 Å². The van der Waals surface area contributed by atoms with Crippen LogP contribution in [0.3, 0.4) is 0 Å². The van der Waals surface area contributed by atoms with Crippen molar-refractivity contribution >= 4 is 17.5 Å². The quantitative estimate of drug-likeness (QED) is 0.802. The molecule has 1 amide bonds. The fourth-order valence-corrected chi connectivity index (χ4v) is 2.12. The molecule has 1 aliphatic rings. The fourth-order valence-electron chi connectivity index (χ4n) is 1.96. The summed E-state index contributed by atoms with van der Waals surface area (Å²) in [6.07, 6.45) is 2.34. The van der Waals surface area contributed by atoms with Crippen LogP contribution in [0, 0.1) is 5.92 Å². The topological polar surface area (TPSA) is 54.0 Å². The third-order valence-electron chi connectivity index (χ3n) is 2.90. The van der Waals surface area contributed by atoms with E-state index < -0.39 is 0 Å². The summed E-state index contributed by atoms with van der Waals surface area (Å²) in [4.78, 5) is 15.8. The monoisotopic (exact) mass is 253 g/mol. The summed E-state index contributed by atoms with van der Waals surface area (Å²) in [7, 11) is 0. The molecule has 92 valence electrons. The number of carbonyl (C=O) groups is 1. The zero-order valence-electron chi connectivity index (χ0n) is 9.58. The van der Waals surface area contributed by atoms with Gasteiger partial charge < -0.3 is 10.6 Å². The van der Waals surface area contributed by atoms with Crippen molar-refractivity contribution < 1.29 is 4.79 Å². The first-order valence-corrected chi connectivity index (χ1v) is 6.25. The third-order valence-corrected chi connectivity index (χ3v) is 3.11. The highest BCUT2D eigenvalue weighted by Crippen LogP contribution is 2.09. The predicted octanol–water partition coefficient (Wildman–Crippen LogP) is 1.46. The van der Waals surface area contributed by atoms with Crippen molar-refractivity contribution in [2.45, 2.75) is 12.8 Å². The van der Waals surface area contributed by atoms with Crippen molar-refractivity contribution in [3.05, 3.63) is 29.0 Å². The van der Waals surface area contributed by atoms with E-state index >= 15 is 0 Å². The van der Waals surface area contributed by atoms with Gasteiger partial charge in [0.2, 0.25) is 0 Å². The molecule has 17 heavy (non-hydrogen) atoms. The molecule has 2 N–H and O–H groups in total. The van der Waals surface area contributed by atoms with Crippen molar-refractivity contribution in [2.24, 2.45) is 5.92 Å². The van der Waals surface area contributed by atoms with Crippen molar-refractivity contribution in [3.8, 4) is 0 Å². The Kier molecular flexibility index (Phi) is 4.34. The average Bonchev–Trinajstić information content (AvgIpc) is 2.37. The van der Waals surface area contributed by atoms with E-state index in [2.05, 4.69) is 15.6 Å². The Morgan fingerprint density at radius 1 is 1.59 bits per heavy atom. The molecule has 5 heteroatoms. The first kappa shape index (κ1) is 12.3. The van der Waals surface area contributed by atoms with E-state index in [9.17, 15) is 4.79 Å². The van der Waals surface area contributed by atoms with E-state index in [0.29, 0.717) is 23.3 Å². The molecular weight excluding hydrogens is 238 g/mol. The molecule has 0 spiro atoms. The maximum atomic E-state index is 11.8.